The molecule has 3 rings (SSSR count). The molecule has 2 aliphatic rings. The van der Waals surface area contributed by atoms with Crippen LogP contribution < -0.4 is 4.74 Å². The molecule has 1 nitrogen and oxygen atoms in total. The number of ether oxygens (including phenoxy) is 1. The average molecular weight is 302 g/mol. The first-order valence-electron chi connectivity index (χ1n) is 5.75. The van der Waals surface area contributed by atoms with Gasteiger partial charge in [0.25, 0.3) is 0 Å². The van der Waals surface area contributed by atoms with Gasteiger partial charge in [-0.15, -0.1) is 0 Å². The van der Waals surface area contributed by atoms with Crippen molar-refractivity contribution in [1.82, 2.24) is 0 Å². The van der Waals surface area contributed by atoms with E-state index >= 15 is 0 Å². The molecule has 0 aromatic heterocycles. The lowest BCUT2D eigenvalue weighted by molar-refractivity contribution is 0.138. The molecular formula is C13H14BrClO. The van der Waals surface area contributed by atoms with Gasteiger partial charge in [0.2, 0.25) is 0 Å². The zero-order chi connectivity index (χ0) is 11.3. The Kier molecular flexibility index (Phi) is 2.67. The number of rotatable bonds is 0. The quantitative estimate of drug-likeness (QED) is 0.646. The molecule has 3 heteroatoms. The van der Waals surface area contributed by atoms with Gasteiger partial charge < -0.3 is 4.74 Å². The molecule has 4 atom stereocenters. The molecule has 1 aromatic carbocycles. The fourth-order valence-corrected chi connectivity index (χ4v) is 4.23. The first-order valence-corrected chi connectivity index (χ1v) is 7.04. The monoisotopic (exact) mass is 300 g/mol. The van der Waals surface area contributed by atoms with Crippen molar-refractivity contribution in [2.45, 2.75) is 36.6 Å². The van der Waals surface area contributed by atoms with Gasteiger partial charge in [-0.05, 0) is 37.0 Å². The predicted octanol–water partition coefficient (Wildman–Crippen LogP) is 4.38. The summed E-state index contributed by atoms with van der Waals surface area (Å²) in [5, 5.41) is 0.816. The predicted molar refractivity (Wildman–Crippen MR) is 69.7 cm³/mol. The van der Waals surface area contributed by atoms with Crippen molar-refractivity contribution >= 4 is 27.5 Å². The van der Waals surface area contributed by atoms with Crippen molar-refractivity contribution in [3.05, 3.63) is 28.8 Å². The van der Waals surface area contributed by atoms with Crippen LogP contribution in [0.4, 0.5) is 0 Å². The minimum atomic E-state index is 0.335. The third-order valence-electron chi connectivity index (χ3n) is 3.74. The van der Waals surface area contributed by atoms with Crippen LogP contribution in [0.3, 0.4) is 0 Å². The Hall–Kier alpha value is -0.210. The minimum absolute atomic E-state index is 0.335. The highest BCUT2D eigenvalue weighted by Crippen LogP contribution is 2.50. The summed E-state index contributed by atoms with van der Waals surface area (Å²) in [6.07, 6.45) is 2.65. The number of alkyl halides is 1. The smallest absolute Gasteiger partial charge is 0.123 e. The molecule has 86 valence electrons. The molecule has 16 heavy (non-hydrogen) atoms. The maximum absolute atomic E-state index is 6.07. The summed E-state index contributed by atoms with van der Waals surface area (Å²) >= 11 is 9.78. The second-order valence-corrected chi connectivity index (χ2v) is 6.64. The van der Waals surface area contributed by atoms with Crippen molar-refractivity contribution in [1.29, 1.82) is 0 Å². The van der Waals surface area contributed by atoms with Crippen molar-refractivity contribution in [3.8, 4) is 5.75 Å². The van der Waals surface area contributed by atoms with Gasteiger partial charge in [-0.1, -0.05) is 34.5 Å². The van der Waals surface area contributed by atoms with Crippen molar-refractivity contribution < 1.29 is 4.74 Å². The van der Waals surface area contributed by atoms with Crippen LogP contribution in [0.15, 0.2) is 18.2 Å². The minimum Gasteiger partial charge on any atom is -0.489 e. The highest BCUT2D eigenvalue weighted by Gasteiger charge is 2.42. The van der Waals surface area contributed by atoms with Gasteiger partial charge in [0.1, 0.15) is 11.9 Å². The van der Waals surface area contributed by atoms with E-state index in [4.69, 9.17) is 16.3 Å². The zero-order valence-corrected chi connectivity index (χ0v) is 11.5. The van der Waals surface area contributed by atoms with Crippen LogP contribution in [0.1, 0.15) is 31.2 Å². The molecule has 0 amide bonds. The van der Waals surface area contributed by atoms with Gasteiger partial charge in [-0.25, -0.2) is 0 Å². The Balaban J connectivity index is 2.00. The normalized spacial score (nSPS) is 36.4. The zero-order valence-electron chi connectivity index (χ0n) is 9.12. The largest absolute Gasteiger partial charge is 0.489 e. The number of hydrogen-bond acceptors (Lipinski definition) is 1. The summed E-state index contributed by atoms with van der Waals surface area (Å²) in [6, 6.07) is 5.99. The van der Waals surface area contributed by atoms with E-state index in [1.54, 1.807) is 0 Å². The summed E-state index contributed by atoms with van der Waals surface area (Å²) < 4.78 is 6.02. The summed E-state index contributed by atoms with van der Waals surface area (Å²) in [5.74, 6) is 2.22. The van der Waals surface area contributed by atoms with E-state index in [0.29, 0.717) is 22.8 Å². The first kappa shape index (κ1) is 10.9. The number of halogens is 2. The molecule has 1 aromatic rings. The van der Waals surface area contributed by atoms with E-state index in [-0.39, 0.29) is 0 Å². The Morgan fingerprint density at radius 3 is 3.00 bits per heavy atom. The van der Waals surface area contributed by atoms with Gasteiger partial charge in [0.05, 0.1) is 0 Å². The third kappa shape index (κ3) is 1.67. The van der Waals surface area contributed by atoms with E-state index in [1.807, 2.05) is 12.1 Å². The van der Waals surface area contributed by atoms with Gasteiger partial charge in [0.15, 0.2) is 0 Å². The average Bonchev–Trinajstić information content (AvgIpc) is 2.54. The fraction of sp³-hybridized carbons (Fsp3) is 0.538. The van der Waals surface area contributed by atoms with E-state index < -0.39 is 0 Å². The van der Waals surface area contributed by atoms with Gasteiger partial charge >= 0.3 is 0 Å². The van der Waals surface area contributed by atoms with Crippen molar-refractivity contribution in [2.75, 3.05) is 0 Å². The Morgan fingerprint density at radius 2 is 2.19 bits per heavy atom. The van der Waals surface area contributed by atoms with E-state index in [0.717, 1.165) is 17.2 Å². The molecule has 1 heterocycles. The van der Waals surface area contributed by atoms with Crippen LogP contribution in [0.25, 0.3) is 0 Å². The molecule has 1 fully saturated rings. The van der Waals surface area contributed by atoms with Crippen LogP contribution >= 0.6 is 27.5 Å². The van der Waals surface area contributed by atoms with Crippen LogP contribution in [0.2, 0.25) is 5.02 Å². The van der Waals surface area contributed by atoms with Crippen molar-refractivity contribution in [3.63, 3.8) is 0 Å². The first-order chi connectivity index (χ1) is 7.65. The van der Waals surface area contributed by atoms with Gasteiger partial charge in [0, 0.05) is 21.3 Å². The van der Waals surface area contributed by atoms with Crippen molar-refractivity contribution in [2.24, 2.45) is 5.92 Å². The second-order valence-electron chi connectivity index (χ2n) is 4.91. The summed E-state index contributed by atoms with van der Waals surface area (Å²) in [6.45, 7) is 2.31. The molecule has 0 bridgehead atoms. The Morgan fingerprint density at radius 1 is 1.38 bits per heavy atom. The molecule has 3 unspecified atom stereocenters. The van der Waals surface area contributed by atoms with E-state index in [2.05, 4.69) is 28.9 Å². The van der Waals surface area contributed by atoms with Crippen LogP contribution in [0, 0.1) is 5.92 Å². The van der Waals surface area contributed by atoms with E-state index in [1.165, 1.54) is 12.0 Å². The topological polar surface area (TPSA) is 9.23 Å². The molecular weight excluding hydrogens is 287 g/mol. The molecule has 0 radical (unpaired) electrons. The molecule has 1 aliphatic carbocycles. The summed E-state index contributed by atoms with van der Waals surface area (Å²) in [5.41, 5.74) is 1.31. The SMILES string of the molecule is C[C@@H]1CC(Br)CC2Oc3ccc(Cl)cc3C21. The number of benzene rings is 1. The van der Waals surface area contributed by atoms with Gasteiger partial charge in [-0.2, -0.15) is 0 Å². The standard InChI is InChI=1S/C13H14BrClO/c1-7-4-8(14)5-12-13(7)10-6-9(15)2-3-11(10)16-12/h2-3,6-8,12-13H,4-5H2,1H3/t7-,8?,12?,13?/m1/s1. The summed E-state index contributed by atoms with van der Waals surface area (Å²) in [7, 11) is 0. The fourth-order valence-electron chi connectivity index (χ4n) is 3.09. The summed E-state index contributed by atoms with van der Waals surface area (Å²) in [4.78, 5) is 0.591. The van der Waals surface area contributed by atoms with Crippen LogP contribution in [0.5, 0.6) is 5.75 Å². The maximum Gasteiger partial charge on any atom is 0.123 e. The van der Waals surface area contributed by atoms with Crippen LogP contribution in [-0.4, -0.2) is 10.9 Å². The Bertz CT molecular complexity index is 420. The third-order valence-corrected chi connectivity index (χ3v) is 4.72. The van der Waals surface area contributed by atoms with Crippen LogP contribution in [-0.2, 0) is 0 Å². The number of fused-ring (bicyclic) bond motifs is 3. The second kappa shape index (κ2) is 3.92. The lowest BCUT2D eigenvalue weighted by Gasteiger charge is -2.33. The van der Waals surface area contributed by atoms with E-state index in [9.17, 15) is 0 Å². The highest BCUT2D eigenvalue weighted by molar-refractivity contribution is 9.09. The molecule has 0 N–H and O–H groups in total. The van der Waals surface area contributed by atoms with Gasteiger partial charge in [-0.3, -0.25) is 0 Å². The Labute approximate surface area is 109 Å². The number of hydrogen-bond donors (Lipinski definition) is 0. The molecule has 0 saturated heterocycles. The highest BCUT2D eigenvalue weighted by atomic mass is 79.9. The molecule has 1 saturated carbocycles. The molecule has 0 spiro atoms. The lowest BCUT2D eigenvalue weighted by Crippen LogP contribution is -2.33. The molecule has 1 aliphatic heterocycles. The maximum atomic E-state index is 6.07. The lowest BCUT2D eigenvalue weighted by atomic mass is 9.76.